The zero-order chi connectivity index (χ0) is 13.6. The molecule has 8 aliphatic rings. The van der Waals surface area contributed by atoms with Crippen LogP contribution in [0.15, 0.2) is 0 Å². The molecule has 12 unspecified atom stereocenters. The number of rotatable bonds is 1. The monoisotopic (exact) mass is 412 g/mol. The van der Waals surface area contributed by atoms with Gasteiger partial charge in [-0.05, 0) is 66.1 Å². The number of fused-ring (bicyclic) bond motifs is 4. The lowest BCUT2D eigenvalue weighted by Crippen LogP contribution is -2.54. The fraction of sp³-hybridized carbons (Fsp3) is 1.00. The molecule has 1 saturated heterocycles. The third-order valence-corrected chi connectivity index (χ3v) is 11.6. The molecule has 112 valence electrons. The fourth-order valence-electron chi connectivity index (χ4n) is 10.8. The van der Waals surface area contributed by atoms with Crippen LogP contribution in [0, 0.1) is 71.0 Å². The van der Waals surface area contributed by atoms with E-state index >= 15 is 0 Å². The summed E-state index contributed by atoms with van der Waals surface area (Å²) in [5, 5.41) is 11.6. The van der Waals surface area contributed by atoms with Crippen molar-refractivity contribution in [2.45, 2.75) is 28.0 Å². The van der Waals surface area contributed by atoms with Gasteiger partial charge in [0, 0.05) is 17.8 Å². The van der Waals surface area contributed by atoms with Crippen LogP contribution in [0.1, 0.15) is 12.8 Å². The Morgan fingerprint density at radius 2 is 1.43 bits per heavy atom. The van der Waals surface area contributed by atoms with Gasteiger partial charge in [-0.2, -0.15) is 0 Å². The Hall–Kier alpha value is 0.880. The third-order valence-electron chi connectivity index (χ3n) is 10.1. The normalized spacial score (nSPS) is 85.1. The maximum atomic E-state index is 11.6. The van der Waals surface area contributed by atoms with Crippen LogP contribution < -0.4 is 0 Å². The highest BCUT2D eigenvalue weighted by atomic mass is 79.9. The summed E-state index contributed by atoms with van der Waals surface area (Å²) in [5.41, 5.74) is -0.0954. The fourth-order valence-corrected chi connectivity index (χ4v) is 12.2. The van der Waals surface area contributed by atoms with Crippen molar-refractivity contribution in [1.29, 1.82) is 0 Å². The highest BCUT2D eigenvalue weighted by molar-refractivity contribution is 9.24. The summed E-state index contributed by atoms with van der Waals surface area (Å²) >= 11 is 7.75. The molecular weight excluding hydrogens is 396 g/mol. The maximum Gasteiger partial charge on any atom is 0.173 e. The van der Waals surface area contributed by atoms with Gasteiger partial charge in [-0.3, -0.25) is 0 Å². The smallest absolute Gasteiger partial charge is 0.173 e. The van der Waals surface area contributed by atoms with Crippen molar-refractivity contribution >= 4 is 31.9 Å². The number of hydrogen-bond acceptors (Lipinski definition) is 2. The number of halogens is 2. The minimum Gasteiger partial charge on any atom is -0.365 e. The number of alkyl halides is 2. The van der Waals surface area contributed by atoms with E-state index in [9.17, 15) is 5.11 Å². The van der Waals surface area contributed by atoms with Crippen LogP contribution in [0.2, 0.25) is 0 Å². The third kappa shape index (κ3) is 0.717. The van der Waals surface area contributed by atoms with Crippen LogP contribution in [0.4, 0.5) is 0 Å². The van der Waals surface area contributed by atoms with E-state index in [0.29, 0.717) is 17.8 Å². The summed E-state index contributed by atoms with van der Waals surface area (Å²) < 4.78 is 7.00. The van der Waals surface area contributed by atoms with E-state index in [1.54, 1.807) is 0 Å². The van der Waals surface area contributed by atoms with E-state index in [-0.39, 0.29) is 9.34 Å². The lowest BCUT2D eigenvalue weighted by molar-refractivity contribution is -0.280. The Morgan fingerprint density at radius 3 is 2.19 bits per heavy atom. The molecule has 8 fully saturated rings. The first-order chi connectivity index (χ1) is 10.1. The lowest BCUT2D eigenvalue weighted by atomic mass is 9.57. The van der Waals surface area contributed by atoms with Gasteiger partial charge in [0.25, 0.3) is 0 Å². The average molecular weight is 414 g/mol. The molecule has 8 rings (SSSR count). The molecule has 7 saturated carbocycles. The first-order valence-electron chi connectivity index (χ1n) is 8.83. The van der Waals surface area contributed by atoms with Gasteiger partial charge in [0.2, 0.25) is 0 Å². The summed E-state index contributed by atoms with van der Waals surface area (Å²) in [6.45, 7) is 0. The summed E-state index contributed by atoms with van der Waals surface area (Å²) in [5.74, 6) is 8.74. The van der Waals surface area contributed by atoms with Crippen molar-refractivity contribution in [3.63, 3.8) is 0 Å². The summed E-state index contributed by atoms with van der Waals surface area (Å²) in [7, 11) is 0. The van der Waals surface area contributed by atoms with Gasteiger partial charge in [0.1, 0.15) is 5.60 Å². The predicted octanol–water partition coefficient (Wildman–Crippen LogP) is 2.83. The largest absolute Gasteiger partial charge is 0.365 e. The minimum atomic E-state index is -0.757. The molecule has 21 heavy (non-hydrogen) atoms. The van der Waals surface area contributed by atoms with Crippen molar-refractivity contribution in [3.8, 4) is 0 Å². The highest BCUT2D eigenvalue weighted by Crippen LogP contribution is 2.94. The zero-order valence-corrected chi connectivity index (χ0v) is 14.7. The second-order valence-corrected chi connectivity index (χ2v) is 12.5. The Kier molecular flexibility index (Phi) is 1.49. The Labute approximate surface area is 140 Å². The van der Waals surface area contributed by atoms with Crippen LogP contribution in [0.25, 0.3) is 0 Å². The van der Waals surface area contributed by atoms with Crippen LogP contribution in [-0.2, 0) is 4.74 Å². The van der Waals surface area contributed by atoms with Crippen LogP contribution in [0.5, 0.6) is 0 Å². The summed E-state index contributed by atoms with van der Waals surface area (Å²) in [4.78, 5) is 0. The molecule has 14 atom stereocenters. The SMILES string of the molecule is O[C@@]12O[C@]3(C(Br)Br)C4C5CCC6C5C5C(C7C(C54)C3C71)C62. The van der Waals surface area contributed by atoms with Gasteiger partial charge in [0.15, 0.2) is 5.79 Å². The van der Waals surface area contributed by atoms with Gasteiger partial charge in [-0.15, -0.1) is 0 Å². The van der Waals surface area contributed by atoms with Gasteiger partial charge in [-0.25, -0.2) is 0 Å². The van der Waals surface area contributed by atoms with Crippen LogP contribution in [0.3, 0.4) is 0 Å². The number of hydrogen-bond donors (Lipinski definition) is 1. The molecule has 0 amide bonds. The first-order valence-corrected chi connectivity index (χ1v) is 10.7. The topological polar surface area (TPSA) is 29.5 Å². The van der Waals surface area contributed by atoms with Gasteiger partial charge in [-0.1, -0.05) is 31.9 Å². The van der Waals surface area contributed by atoms with Crippen molar-refractivity contribution in [1.82, 2.24) is 0 Å². The Bertz CT molecular complexity index is 638. The van der Waals surface area contributed by atoms with Gasteiger partial charge in [0.05, 0.1) is 3.74 Å². The first kappa shape index (κ1) is 11.4. The molecule has 2 nitrogen and oxygen atoms in total. The van der Waals surface area contributed by atoms with E-state index in [1.807, 2.05) is 0 Å². The molecule has 1 heterocycles. The minimum absolute atomic E-state index is 0.0954. The predicted molar refractivity (Wildman–Crippen MR) is 81.5 cm³/mol. The maximum absolute atomic E-state index is 11.6. The Balaban J connectivity index is 1.54. The van der Waals surface area contributed by atoms with Crippen molar-refractivity contribution in [2.75, 3.05) is 0 Å². The molecule has 0 aromatic heterocycles. The van der Waals surface area contributed by atoms with Crippen LogP contribution in [-0.4, -0.2) is 20.2 Å². The molecule has 1 aliphatic heterocycles. The molecule has 0 bridgehead atoms. The molecule has 7 aliphatic carbocycles. The van der Waals surface area contributed by atoms with E-state index < -0.39 is 5.79 Å². The molecule has 0 spiro atoms. The number of ether oxygens (including phenoxy) is 1. The standard InChI is InChI=1S/C17H18Br2O2/c18-15(19)16-11-3-1-2-4-5(3)6-7(11)9-10-8(6)12(4)17(20,21-16)14(10)13(9)16/h3-15,20H,1-2H2/t3?,4?,5?,6?,7?,8?,9?,10?,11?,12?,13?,14?,16-,17+/m1/s1. The molecular formula is C17H18Br2O2. The lowest BCUT2D eigenvalue weighted by Gasteiger charge is -2.47. The molecule has 1 N–H and O–H groups in total. The summed E-state index contributed by atoms with van der Waals surface area (Å²) in [6.07, 6.45) is 2.79. The van der Waals surface area contributed by atoms with E-state index in [2.05, 4.69) is 31.9 Å². The average Bonchev–Trinajstić information content (AvgIpc) is 3.06. The summed E-state index contributed by atoms with van der Waals surface area (Å²) in [6, 6.07) is 0. The van der Waals surface area contributed by atoms with E-state index in [0.717, 1.165) is 53.3 Å². The van der Waals surface area contributed by atoms with E-state index in [1.165, 1.54) is 12.8 Å². The molecule has 0 aromatic rings. The van der Waals surface area contributed by atoms with E-state index in [4.69, 9.17) is 4.74 Å². The second-order valence-electron chi connectivity index (χ2n) is 9.48. The Morgan fingerprint density at radius 1 is 0.810 bits per heavy atom. The van der Waals surface area contributed by atoms with Gasteiger partial charge >= 0.3 is 0 Å². The van der Waals surface area contributed by atoms with Crippen molar-refractivity contribution < 1.29 is 9.84 Å². The molecule has 0 aromatic carbocycles. The van der Waals surface area contributed by atoms with Gasteiger partial charge < -0.3 is 9.84 Å². The van der Waals surface area contributed by atoms with Crippen molar-refractivity contribution in [2.24, 2.45) is 71.0 Å². The van der Waals surface area contributed by atoms with Crippen molar-refractivity contribution in [3.05, 3.63) is 0 Å². The second kappa shape index (κ2) is 2.74. The van der Waals surface area contributed by atoms with Crippen LogP contribution >= 0.6 is 31.9 Å². The zero-order valence-electron chi connectivity index (χ0n) is 11.5. The highest BCUT2D eigenvalue weighted by Gasteiger charge is 2.97. The quantitative estimate of drug-likeness (QED) is 0.669. The molecule has 4 heteroatoms. The molecule has 0 radical (unpaired) electrons. The number of aliphatic hydroxyl groups is 1.